The van der Waals surface area contributed by atoms with Crippen LogP contribution in [0.3, 0.4) is 0 Å². The van der Waals surface area contributed by atoms with Gasteiger partial charge in [0, 0.05) is 18.5 Å². The van der Waals surface area contributed by atoms with Crippen molar-refractivity contribution < 1.29 is 9.53 Å². The van der Waals surface area contributed by atoms with Crippen molar-refractivity contribution in [3.05, 3.63) is 47.3 Å². The second kappa shape index (κ2) is 6.19. The van der Waals surface area contributed by atoms with E-state index in [0.717, 1.165) is 48.6 Å². The molecule has 3 heterocycles. The van der Waals surface area contributed by atoms with Crippen LogP contribution in [0.4, 0.5) is 4.79 Å². The van der Waals surface area contributed by atoms with Crippen molar-refractivity contribution in [3.63, 3.8) is 0 Å². The zero-order valence-corrected chi connectivity index (χ0v) is 14.8. The van der Waals surface area contributed by atoms with Gasteiger partial charge in [-0.1, -0.05) is 18.2 Å². The van der Waals surface area contributed by atoms with Crippen molar-refractivity contribution in [1.29, 1.82) is 0 Å². The zero-order chi connectivity index (χ0) is 17.4. The number of amides is 1. The highest BCUT2D eigenvalue weighted by Gasteiger charge is 2.45. The number of hydrogen-bond donors (Lipinski definition) is 1. The van der Waals surface area contributed by atoms with E-state index in [9.17, 15) is 4.79 Å². The molecule has 2 aliphatic heterocycles. The molecule has 1 N–H and O–H groups in total. The predicted octanol–water partition coefficient (Wildman–Crippen LogP) is 2.56. The number of para-hydroxylation sites is 1. The fraction of sp³-hybridized carbons (Fsp3) is 0.474. The van der Waals surface area contributed by atoms with E-state index in [0.29, 0.717) is 13.1 Å². The third-order valence-electron chi connectivity index (χ3n) is 5.15. The quantitative estimate of drug-likeness (QED) is 0.933. The van der Waals surface area contributed by atoms with Gasteiger partial charge in [-0.05, 0) is 44.6 Å². The molecule has 0 unspecified atom stereocenters. The van der Waals surface area contributed by atoms with Gasteiger partial charge in [0.1, 0.15) is 5.60 Å². The Kier molecular flexibility index (Phi) is 4.00. The fourth-order valence-corrected chi connectivity index (χ4v) is 3.89. The second-order valence-corrected chi connectivity index (χ2v) is 7.12. The summed E-state index contributed by atoms with van der Waals surface area (Å²) in [6, 6.07) is 10.2. The zero-order valence-electron chi connectivity index (χ0n) is 14.8. The molecule has 6 heteroatoms. The molecule has 132 valence electrons. The van der Waals surface area contributed by atoms with Gasteiger partial charge in [0.25, 0.3) is 0 Å². The van der Waals surface area contributed by atoms with Crippen LogP contribution in [0.1, 0.15) is 29.8 Å². The Bertz CT molecular complexity index is 792. The number of hydrogen-bond acceptors (Lipinski definition) is 4. The van der Waals surface area contributed by atoms with Gasteiger partial charge < -0.3 is 10.1 Å². The van der Waals surface area contributed by atoms with Gasteiger partial charge in [-0.15, -0.1) is 0 Å². The van der Waals surface area contributed by atoms with Gasteiger partial charge in [-0.2, -0.15) is 5.10 Å². The number of nitrogens with one attached hydrogen (secondary N) is 1. The van der Waals surface area contributed by atoms with Gasteiger partial charge in [0.2, 0.25) is 0 Å². The molecule has 2 aliphatic rings. The summed E-state index contributed by atoms with van der Waals surface area (Å²) in [6.07, 6.45) is 1.56. The third kappa shape index (κ3) is 3.02. The number of aromatic nitrogens is 2. The topological polar surface area (TPSA) is 59.4 Å². The van der Waals surface area contributed by atoms with E-state index in [1.54, 1.807) is 0 Å². The lowest BCUT2D eigenvalue weighted by Gasteiger charge is -2.31. The van der Waals surface area contributed by atoms with Crippen LogP contribution in [-0.2, 0) is 11.3 Å². The van der Waals surface area contributed by atoms with Gasteiger partial charge in [0.05, 0.1) is 24.5 Å². The third-order valence-corrected chi connectivity index (χ3v) is 5.15. The molecular formula is C19H24N4O2. The SMILES string of the molecule is Cc1cc(C)n(-c2ccccc2CN2CC3(CCNCC3)OC2=O)n1. The van der Waals surface area contributed by atoms with Crippen molar-refractivity contribution in [2.24, 2.45) is 0 Å². The van der Waals surface area contributed by atoms with E-state index >= 15 is 0 Å². The first kappa shape index (κ1) is 16.1. The minimum Gasteiger partial charge on any atom is -0.441 e. The Labute approximate surface area is 147 Å². The molecule has 4 rings (SSSR count). The van der Waals surface area contributed by atoms with E-state index in [1.165, 1.54) is 0 Å². The number of aryl methyl sites for hydroxylation is 2. The average Bonchev–Trinajstić information content (AvgIpc) is 3.08. The number of nitrogens with zero attached hydrogens (tertiary/aromatic N) is 3. The molecule has 1 amide bonds. The summed E-state index contributed by atoms with van der Waals surface area (Å²) in [7, 11) is 0. The molecule has 1 spiro atoms. The highest BCUT2D eigenvalue weighted by atomic mass is 16.6. The number of ether oxygens (including phenoxy) is 1. The maximum atomic E-state index is 12.4. The minimum absolute atomic E-state index is 0.204. The lowest BCUT2D eigenvalue weighted by Crippen LogP contribution is -2.44. The molecule has 2 fully saturated rings. The smallest absolute Gasteiger partial charge is 0.410 e. The van der Waals surface area contributed by atoms with Crippen LogP contribution in [0.5, 0.6) is 0 Å². The average molecular weight is 340 g/mol. The van der Waals surface area contributed by atoms with Crippen LogP contribution in [0.15, 0.2) is 30.3 Å². The van der Waals surface area contributed by atoms with E-state index in [2.05, 4.69) is 28.6 Å². The molecule has 25 heavy (non-hydrogen) atoms. The summed E-state index contributed by atoms with van der Waals surface area (Å²) >= 11 is 0. The number of piperidine rings is 1. The van der Waals surface area contributed by atoms with E-state index in [4.69, 9.17) is 4.74 Å². The largest absolute Gasteiger partial charge is 0.441 e. The van der Waals surface area contributed by atoms with Gasteiger partial charge in [-0.25, -0.2) is 9.48 Å². The van der Waals surface area contributed by atoms with Crippen molar-refractivity contribution >= 4 is 6.09 Å². The standard InChI is InChI=1S/C19H24N4O2/c1-14-11-15(2)23(21-14)17-6-4-3-5-16(17)12-22-13-19(25-18(22)24)7-9-20-10-8-19/h3-6,11,20H,7-10,12-13H2,1-2H3. The second-order valence-electron chi connectivity index (χ2n) is 7.12. The first-order valence-corrected chi connectivity index (χ1v) is 8.87. The first-order valence-electron chi connectivity index (χ1n) is 8.87. The molecule has 1 aromatic carbocycles. The molecule has 2 saturated heterocycles. The van der Waals surface area contributed by atoms with Crippen LogP contribution in [0.25, 0.3) is 5.69 Å². The summed E-state index contributed by atoms with van der Waals surface area (Å²) in [4.78, 5) is 14.3. The van der Waals surface area contributed by atoms with Crippen molar-refractivity contribution in [2.45, 2.75) is 38.8 Å². The van der Waals surface area contributed by atoms with E-state index in [1.807, 2.05) is 35.6 Å². The Morgan fingerprint density at radius 2 is 2.00 bits per heavy atom. The van der Waals surface area contributed by atoms with Crippen molar-refractivity contribution in [3.8, 4) is 5.69 Å². The van der Waals surface area contributed by atoms with Gasteiger partial charge in [-0.3, -0.25) is 4.90 Å². The molecule has 0 saturated carbocycles. The monoisotopic (exact) mass is 340 g/mol. The lowest BCUT2D eigenvalue weighted by molar-refractivity contribution is 0.0316. The van der Waals surface area contributed by atoms with Crippen LogP contribution in [-0.4, -0.2) is 46.0 Å². The molecule has 0 aliphatic carbocycles. The number of carbonyl (C=O) groups is 1. The first-order chi connectivity index (χ1) is 12.1. The number of carbonyl (C=O) groups excluding carboxylic acids is 1. The van der Waals surface area contributed by atoms with E-state index in [-0.39, 0.29) is 11.7 Å². The van der Waals surface area contributed by atoms with Gasteiger partial charge >= 0.3 is 6.09 Å². The van der Waals surface area contributed by atoms with E-state index < -0.39 is 0 Å². The van der Waals surface area contributed by atoms with Crippen molar-refractivity contribution in [1.82, 2.24) is 20.0 Å². The summed E-state index contributed by atoms with van der Waals surface area (Å²) in [5.74, 6) is 0. The molecular weight excluding hydrogens is 316 g/mol. The molecule has 0 bridgehead atoms. The molecule has 0 atom stereocenters. The molecule has 1 aromatic heterocycles. The summed E-state index contributed by atoms with van der Waals surface area (Å²) in [5.41, 5.74) is 3.87. The normalized spacial score (nSPS) is 19.4. The molecule has 0 radical (unpaired) electrons. The Morgan fingerprint density at radius 3 is 2.72 bits per heavy atom. The van der Waals surface area contributed by atoms with Crippen LogP contribution in [0, 0.1) is 13.8 Å². The highest BCUT2D eigenvalue weighted by Crippen LogP contribution is 2.32. The highest BCUT2D eigenvalue weighted by molar-refractivity contribution is 5.71. The Hall–Kier alpha value is -2.34. The Morgan fingerprint density at radius 1 is 1.24 bits per heavy atom. The maximum Gasteiger partial charge on any atom is 0.410 e. The predicted molar refractivity (Wildman–Crippen MR) is 94.8 cm³/mol. The number of benzene rings is 1. The Balaban J connectivity index is 1.59. The molecule has 6 nitrogen and oxygen atoms in total. The van der Waals surface area contributed by atoms with Crippen LogP contribution in [0.2, 0.25) is 0 Å². The summed E-state index contributed by atoms with van der Waals surface area (Å²) in [5, 5.41) is 7.92. The molecule has 2 aromatic rings. The lowest BCUT2D eigenvalue weighted by atomic mass is 9.92. The maximum absolute atomic E-state index is 12.4. The fourth-order valence-electron chi connectivity index (χ4n) is 3.89. The van der Waals surface area contributed by atoms with Crippen LogP contribution >= 0.6 is 0 Å². The minimum atomic E-state index is -0.310. The van der Waals surface area contributed by atoms with Crippen molar-refractivity contribution in [2.75, 3.05) is 19.6 Å². The summed E-state index contributed by atoms with van der Waals surface area (Å²) < 4.78 is 7.72. The summed E-state index contributed by atoms with van der Waals surface area (Å²) in [6.45, 7) is 7.06. The van der Waals surface area contributed by atoms with Crippen LogP contribution < -0.4 is 5.32 Å². The number of rotatable bonds is 3. The van der Waals surface area contributed by atoms with Gasteiger partial charge in [0.15, 0.2) is 0 Å².